The summed E-state index contributed by atoms with van der Waals surface area (Å²) in [4.78, 5) is 12.4. The van der Waals surface area contributed by atoms with E-state index in [1.807, 2.05) is 6.07 Å². The monoisotopic (exact) mass is 249 g/mol. The average molecular weight is 250 g/mol. The van der Waals surface area contributed by atoms with Gasteiger partial charge >= 0.3 is 0 Å². The van der Waals surface area contributed by atoms with Gasteiger partial charge < -0.3 is 4.74 Å². The molecule has 0 unspecified atom stereocenters. The molecule has 2 aromatic heterocycles. The molecular formula is C12H12ClN3O. The number of pyridine rings is 1. The van der Waals surface area contributed by atoms with Crippen LogP contribution in [0, 0.1) is 0 Å². The summed E-state index contributed by atoms with van der Waals surface area (Å²) in [5.41, 5.74) is 0. The van der Waals surface area contributed by atoms with E-state index in [1.165, 1.54) is 0 Å². The van der Waals surface area contributed by atoms with Gasteiger partial charge in [0.05, 0.1) is 6.20 Å². The number of halogens is 1. The third-order valence-corrected chi connectivity index (χ3v) is 2.24. The van der Waals surface area contributed by atoms with Crippen LogP contribution in [0.15, 0.2) is 30.6 Å². The van der Waals surface area contributed by atoms with Crippen molar-refractivity contribution in [3.63, 3.8) is 0 Å². The van der Waals surface area contributed by atoms with Crippen molar-refractivity contribution < 1.29 is 4.74 Å². The van der Waals surface area contributed by atoms with Gasteiger partial charge in [0.2, 0.25) is 5.88 Å². The van der Waals surface area contributed by atoms with Crippen LogP contribution < -0.4 is 4.74 Å². The van der Waals surface area contributed by atoms with Gasteiger partial charge in [-0.15, -0.1) is 0 Å². The van der Waals surface area contributed by atoms with Gasteiger partial charge in [0, 0.05) is 18.7 Å². The molecule has 0 aliphatic rings. The standard InChI is InChI=1S/C12H12ClN3O/c1-2-4-11-15-10(13)7-12(16-11)17-9-5-3-6-14-8-9/h3,5-8H,2,4H2,1H3. The van der Waals surface area contributed by atoms with Gasteiger partial charge in [-0.05, 0) is 18.6 Å². The van der Waals surface area contributed by atoms with Crippen LogP contribution in [0.2, 0.25) is 5.15 Å². The fraction of sp³-hybridized carbons (Fsp3) is 0.250. The zero-order valence-corrected chi connectivity index (χ0v) is 10.2. The van der Waals surface area contributed by atoms with Gasteiger partial charge in [-0.2, -0.15) is 4.98 Å². The zero-order chi connectivity index (χ0) is 12.1. The Kier molecular flexibility index (Phi) is 3.88. The fourth-order valence-electron chi connectivity index (χ4n) is 1.36. The second-order valence-corrected chi connectivity index (χ2v) is 3.87. The smallest absolute Gasteiger partial charge is 0.224 e. The number of rotatable bonds is 4. The number of aromatic nitrogens is 3. The average Bonchev–Trinajstić information content (AvgIpc) is 2.30. The van der Waals surface area contributed by atoms with Crippen molar-refractivity contribution >= 4 is 11.6 Å². The number of nitrogens with zero attached hydrogens (tertiary/aromatic N) is 3. The van der Waals surface area contributed by atoms with E-state index in [-0.39, 0.29) is 0 Å². The van der Waals surface area contributed by atoms with Gasteiger partial charge in [0.15, 0.2) is 0 Å². The minimum absolute atomic E-state index is 0.391. The van der Waals surface area contributed by atoms with Crippen molar-refractivity contribution in [2.45, 2.75) is 19.8 Å². The SMILES string of the molecule is CCCc1nc(Cl)cc(Oc2cccnc2)n1. The molecule has 0 saturated heterocycles. The van der Waals surface area contributed by atoms with Crippen LogP contribution in [0.5, 0.6) is 11.6 Å². The van der Waals surface area contributed by atoms with E-state index >= 15 is 0 Å². The van der Waals surface area contributed by atoms with E-state index in [0.29, 0.717) is 22.6 Å². The predicted octanol–water partition coefficient (Wildman–Crippen LogP) is 3.27. The molecule has 2 rings (SSSR count). The van der Waals surface area contributed by atoms with Crippen molar-refractivity contribution in [2.24, 2.45) is 0 Å². The number of hydrogen-bond acceptors (Lipinski definition) is 4. The maximum atomic E-state index is 5.91. The summed E-state index contributed by atoms with van der Waals surface area (Å²) in [6, 6.07) is 5.20. The fourth-order valence-corrected chi connectivity index (χ4v) is 1.55. The van der Waals surface area contributed by atoms with E-state index < -0.39 is 0 Å². The van der Waals surface area contributed by atoms with Gasteiger partial charge in [0.25, 0.3) is 0 Å². The number of ether oxygens (including phenoxy) is 1. The predicted molar refractivity (Wildman–Crippen MR) is 65.3 cm³/mol. The summed E-state index contributed by atoms with van der Waals surface area (Å²) >= 11 is 5.91. The van der Waals surface area contributed by atoms with Gasteiger partial charge in [0.1, 0.15) is 16.7 Å². The largest absolute Gasteiger partial charge is 0.437 e. The molecule has 88 valence electrons. The van der Waals surface area contributed by atoms with Crippen LogP contribution in [0.3, 0.4) is 0 Å². The molecule has 0 amide bonds. The molecule has 0 aliphatic carbocycles. The summed E-state index contributed by atoms with van der Waals surface area (Å²) in [5.74, 6) is 1.77. The van der Waals surface area contributed by atoms with Crippen molar-refractivity contribution in [3.8, 4) is 11.6 Å². The van der Waals surface area contributed by atoms with E-state index in [2.05, 4.69) is 21.9 Å². The van der Waals surface area contributed by atoms with Crippen LogP contribution in [0.4, 0.5) is 0 Å². The van der Waals surface area contributed by atoms with Crippen LogP contribution in [0.25, 0.3) is 0 Å². The van der Waals surface area contributed by atoms with Crippen LogP contribution in [-0.4, -0.2) is 15.0 Å². The molecule has 0 atom stereocenters. The van der Waals surface area contributed by atoms with E-state index in [0.717, 1.165) is 12.8 Å². The first-order valence-electron chi connectivity index (χ1n) is 5.39. The van der Waals surface area contributed by atoms with Crippen molar-refractivity contribution in [2.75, 3.05) is 0 Å². The lowest BCUT2D eigenvalue weighted by Crippen LogP contribution is -1.97. The highest BCUT2D eigenvalue weighted by atomic mass is 35.5. The lowest BCUT2D eigenvalue weighted by molar-refractivity contribution is 0.456. The summed E-state index contributed by atoms with van der Waals surface area (Å²) in [7, 11) is 0. The first-order valence-corrected chi connectivity index (χ1v) is 5.77. The second kappa shape index (κ2) is 5.59. The molecule has 0 aromatic carbocycles. The van der Waals surface area contributed by atoms with Gasteiger partial charge in [-0.3, -0.25) is 4.98 Å². The van der Waals surface area contributed by atoms with Gasteiger partial charge in [-0.1, -0.05) is 18.5 Å². The number of aryl methyl sites for hydroxylation is 1. The van der Waals surface area contributed by atoms with E-state index in [9.17, 15) is 0 Å². The maximum Gasteiger partial charge on any atom is 0.224 e. The summed E-state index contributed by atoms with van der Waals surface area (Å²) < 4.78 is 5.55. The first kappa shape index (κ1) is 11.8. The Hall–Kier alpha value is -1.68. The Labute approximate surface area is 105 Å². The molecule has 0 aliphatic heterocycles. The Morgan fingerprint density at radius 2 is 2.24 bits per heavy atom. The Morgan fingerprint density at radius 1 is 1.35 bits per heavy atom. The molecule has 0 N–H and O–H groups in total. The Morgan fingerprint density at radius 3 is 2.94 bits per heavy atom. The summed E-state index contributed by atoms with van der Waals surface area (Å²) in [6.07, 6.45) is 5.05. The molecule has 2 aromatic rings. The van der Waals surface area contributed by atoms with Crippen LogP contribution >= 0.6 is 11.6 Å². The zero-order valence-electron chi connectivity index (χ0n) is 9.43. The van der Waals surface area contributed by atoms with Crippen molar-refractivity contribution in [3.05, 3.63) is 41.6 Å². The molecule has 0 bridgehead atoms. The third-order valence-electron chi connectivity index (χ3n) is 2.05. The molecular weight excluding hydrogens is 238 g/mol. The molecule has 0 spiro atoms. The molecule has 0 fully saturated rings. The third kappa shape index (κ3) is 3.39. The summed E-state index contributed by atoms with van der Waals surface area (Å²) in [6.45, 7) is 2.06. The Bertz CT molecular complexity index is 490. The molecule has 17 heavy (non-hydrogen) atoms. The minimum atomic E-state index is 0.391. The normalized spacial score (nSPS) is 10.2. The molecule has 2 heterocycles. The minimum Gasteiger partial charge on any atom is -0.437 e. The lowest BCUT2D eigenvalue weighted by Gasteiger charge is -2.05. The lowest BCUT2D eigenvalue weighted by atomic mass is 10.3. The van der Waals surface area contributed by atoms with E-state index in [4.69, 9.17) is 16.3 Å². The quantitative estimate of drug-likeness (QED) is 0.781. The van der Waals surface area contributed by atoms with Crippen molar-refractivity contribution in [1.29, 1.82) is 0 Å². The van der Waals surface area contributed by atoms with Crippen LogP contribution in [-0.2, 0) is 6.42 Å². The highest BCUT2D eigenvalue weighted by Gasteiger charge is 2.04. The second-order valence-electron chi connectivity index (χ2n) is 3.49. The van der Waals surface area contributed by atoms with Crippen LogP contribution in [0.1, 0.15) is 19.2 Å². The van der Waals surface area contributed by atoms with Gasteiger partial charge in [-0.25, -0.2) is 4.98 Å². The highest BCUT2D eigenvalue weighted by Crippen LogP contribution is 2.20. The summed E-state index contributed by atoms with van der Waals surface area (Å²) in [5, 5.41) is 0.391. The number of hydrogen-bond donors (Lipinski definition) is 0. The topological polar surface area (TPSA) is 47.9 Å². The molecule has 0 radical (unpaired) electrons. The maximum absolute atomic E-state index is 5.91. The van der Waals surface area contributed by atoms with E-state index in [1.54, 1.807) is 24.5 Å². The molecule has 5 heteroatoms. The van der Waals surface area contributed by atoms with Crippen molar-refractivity contribution in [1.82, 2.24) is 15.0 Å². The Balaban J connectivity index is 2.21. The highest BCUT2D eigenvalue weighted by molar-refractivity contribution is 6.29. The molecule has 0 saturated carbocycles. The molecule has 4 nitrogen and oxygen atoms in total. The first-order chi connectivity index (χ1) is 8.28.